The van der Waals surface area contributed by atoms with Crippen LogP contribution in [0.25, 0.3) is 0 Å². The van der Waals surface area contributed by atoms with Crippen molar-refractivity contribution >= 4 is 21.9 Å². The van der Waals surface area contributed by atoms with Gasteiger partial charge in [-0.25, -0.2) is 0 Å². The Hall–Kier alpha value is -1.64. The van der Waals surface area contributed by atoms with Gasteiger partial charge in [0.05, 0.1) is 12.3 Å². The summed E-state index contributed by atoms with van der Waals surface area (Å²) in [5.74, 6) is -0.930. The largest absolute Gasteiger partial charge is 0.481 e. The minimum absolute atomic E-state index is 0.0597. The van der Waals surface area contributed by atoms with Crippen molar-refractivity contribution in [2.75, 3.05) is 25.0 Å². The van der Waals surface area contributed by atoms with Gasteiger partial charge in [-0.15, -0.1) is 0 Å². The summed E-state index contributed by atoms with van der Waals surface area (Å²) < 4.78 is 33.0. The molecule has 0 heterocycles. The minimum atomic E-state index is -3.70. The Morgan fingerprint density at radius 2 is 2.05 bits per heavy atom. The van der Waals surface area contributed by atoms with E-state index in [1.807, 2.05) is 0 Å². The van der Waals surface area contributed by atoms with E-state index in [0.29, 0.717) is 11.3 Å². The first kappa shape index (κ1) is 16.4. The number of hydrogen-bond acceptors (Lipinski definition) is 4. The van der Waals surface area contributed by atoms with Gasteiger partial charge in [0.25, 0.3) is 10.2 Å². The number of carbonyl (C=O) groups is 1. The van der Waals surface area contributed by atoms with Gasteiger partial charge in [-0.05, 0) is 18.1 Å². The molecule has 0 unspecified atom stereocenters. The zero-order valence-corrected chi connectivity index (χ0v) is 11.9. The minimum Gasteiger partial charge on any atom is -0.481 e. The van der Waals surface area contributed by atoms with Crippen LogP contribution in [0.4, 0.5) is 5.69 Å². The van der Waals surface area contributed by atoms with Crippen molar-refractivity contribution in [2.45, 2.75) is 12.8 Å². The van der Waals surface area contributed by atoms with Crippen LogP contribution >= 0.6 is 0 Å². The number of benzene rings is 1. The summed E-state index contributed by atoms with van der Waals surface area (Å²) in [5, 5.41) is 8.68. The van der Waals surface area contributed by atoms with Crippen LogP contribution in [-0.2, 0) is 26.2 Å². The Labute approximate surface area is 118 Å². The fourth-order valence-corrected chi connectivity index (χ4v) is 2.45. The molecule has 7 nitrogen and oxygen atoms in total. The van der Waals surface area contributed by atoms with E-state index in [2.05, 4.69) is 9.44 Å². The SMILES string of the molecule is COCCNS(=O)(=O)Nc1ccccc1CCC(=O)O. The molecule has 112 valence electrons. The fraction of sp³-hybridized carbons (Fsp3) is 0.417. The van der Waals surface area contributed by atoms with Crippen LogP contribution in [0, 0.1) is 0 Å². The summed E-state index contributed by atoms with van der Waals surface area (Å²) in [6.45, 7) is 0.421. The molecule has 8 heteroatoms. The summed E-state index contributed by atoms with van der Waals surface area (Å²) in [5.41, 5.74) is 1.01. The number of ether oxygens (including phenoxy) is 1. The smallest absolute Gasteiger partial charge is 0.303 e. The first-order valence-corrected chi connectivity index (χ1v) is 7.49. The lowest BCUT2D eigenvalue weighted by atomic mass is 10.1. The van der Waals surface area contributed by atoms with E-state index in [1.165, 1.54) is 7.11 Å². The summed E-state index contributed by atoms with van der Waals surface area (Å²) in [4.78, 5) is 10.6. The highest BCUT2D eigenvalue weighted by Crippen LogP contribution is 2.17. The lowest BCUT2D eigenvalue weighted by molar-refractivity contribution is -0.136. The van der Waals surface area contributed by atoms with Crippen LogP contribution in [0.15, 0.2) is 24.3 Å². The number of nitrogens with one attached hydrogen (secondary N) is 2. The molecule has 0 spiro atoms. The average Bonchev–Trinajstić information content (AvgIpc) is 2.37. The van der Waals surface area contributed by atoms with Crippen molar-refractivity contribution in [1.82, 2.24) is 4.72 Å². The van der Waals surface area contributed by atoms with Crippen molar-refractivity contribution in [1.29, 1.82) is 0 Å². The van der Waals surface area contributed by atoms with Gasteiger partial charge in [0.1, 0.15) is 0 Å². The van der Waals surface area contributed by atoms with Gasteiger partial charge in [0.15, 0.2) is 0 Å². The van der Waals surface area contributed by atoms with Crippen LogP contribution in [0.3, 0.4) is 0 Å². The molecule has 0 aromatic heterocycles. The lowest BCUT2D eigenvalue weighted by Gasteiger charge is -2.12. The Morgan fingerprint density at radius 1 is 1.35 bits per heavy atom. The van der Waals surface area contributed by atoms with Crippen LogP contribution in [-0.4, -0.2) is 39.8 Å². The second-order valence-electron chi connectivity index (χ2n) is 4.04. The third-order valence-corrected chi connectivity index (χ3v) is 3.54. The van der Waals surface area contributed by atoms with E-state index in [4.69, 9.17) is 9.84 Å². The predicted octanol–water partition coefficient (Wildman–Crippen LogP) is 0.596. The number of rotatable bonds is 9. The molecule has 0 radical (unpaired) electrons. The quantitative estimate of drug-likeness (QED) is 0.579. The number of carboxylic acids is 1. The van der Waals surface area contributed by atoms with Crippen molar-refractivity contribution < 1.29 is 23.1 Å². The Balaban J connectivity index is 2.73. The van der Waals surface area contributed by atoms with Gasteiger partial charge in [0, 0.05) is 20.1 Å². The number of anilines is 1. The summed E-state index contributed by atoms with van der Waals surface area (Å²) in [7, 11) is -2.22. The number of hydrogen-bond donors (Lipinski definition) is 3. The fourth-order valence-electron chi connectivity index (χ4n) is 1.54. The van der Waals surface area contributed by atoms with Crippen LogP contribution in [0.2, 0.25) is 0 Å². The standard InChI is InChI=1S/C12H18N2O5S/c1-19-9-8-13-20(17,18)14-11-5-3-2-4-10(11)6-7-12(15)16/h2-5,13-14H,6-9H2,1H3,(H,15,16). The molecule has 0 saturated heterocycles. The zero-order chi connectivity index (χ0) is 15.0. The van der Waals surface area contributed by atoms with E-state index in [9.17, 15) is 13.2 Å². The highest BCUT2D eigenvalue weighted by molar-refractivity contribution is 7.90. The molecule has 0 atom stereocenters. The molecule has 0 aliphatic rings. The molecule has 1 rings (SSSR count). The average molecular weight is 302 g/mol. The topological polar surface area (TPSA) is 105 Å². The van der Waals surface area contributed by atoms with Gasteiger partial charge in [-0.1, -0.05) is 18.2 Å². The van der Waals surface area contributed by atoms with Gasteiger partial charge < -0.3 is 9.84 Å². The summed E-state index contributed by atoms with van der Waals surface area (Å²) >= 11 is 0. The molecule has 0 aliphatic carbocycles. The van der Waals surface area contributed by atoms with Gasteiger partial charge in [-0.3, -0.25) is 9.52 Å². The maximum atomic E-state index is 11.8. The second kappa shape index (κ2) is 7.83. The summed E-state index contributed by atoms with van der Waals surface area (Å²) in [6, 6.07) is 6.69. The number of carboxylic acid groups (broad SMARTS) is 1. The van der Waals surface area contributed by atoms with Crippen LogP contribution < -0.4 is 9.44 Å². The molecule has 20 heavy (non-hydrogen) atoms. The maximum absolute atomic E-state index is 11.8. The van der Waals surface area contributed by atoms with Gasteiger partial charge in [-0.2, -0.15) is 13.1 Å². The van der Waals surface area contributed by atoms with Gasteiger partial charge >= 0.3 is 5.97 Å². The molecule has 0 aliphatic heterocycles. The first-order chi connectivity index (χ1) is 9.44. The zero-order valence-electron chi connectivity index (χ0n) is 11.1. The van der Waals surface area contributed by atoms with Crippen molar-refractivity contribution in [2.24, 2.45) is 0 Å². The highest BCUT2D eigenvalue weighted by atomic mass is 32.2. The predicted molar refractivity (Wildman–Crippen MR) is 74.8 cm³/mol. The van der Waals surface area contributed by atoms with E-state index in [1.54, 1.807) is 24.3 Å². The third kappa shape index (κ3) is 6.00. The molecule has 3 N–H and O–H groups in total. The summed E-state index contributed by atoms with van der Waals surface area (Å²) in [6.07, 6.45) is 0.196. The molecular formula is C12H18N2O5S. The van der Waals surface area contributed by atoms with E-state index in [0.717, 1.165) is 0 Å². The Morgan fingerprint density at radius 3 is 2.70 bits per heavy atom. The number of methoxy groups -OCH3 is 1. The third-order valence-electron chi connectivity index (χ3n) is 2.47. The highest BCUT2D eigenvalue weighted by Gasteiger charge is 2.12. The van der Waals surface area contributed by atoms with E-state index < -0.39 is 16.2 Å². The lowest BCUT2D eigenvalue weighted by Crippen LogP contribution is -2.32. The molecule has 1 aromatic rings. The van der Waals surface area contributed by atoms with Crippen molar-refractivity contribution in [3.63, 3.8) is 0 Å². The van der Waals surface area contributed by atoms with Crippen LogP contribution in [0.1, 0.15) is 12.0 Å². The molecule has 1 aromatic carbocycles. The van der Waals surface area contributed by atoms with Gasteiger partial charge in [0.2, 0.25) is 0 Å². The monoisotopic (exact) mass is 302 g/mol. The van der Waals surface area contributed by atoms with E-state index >= 15 is 0 Å². The van der Waals surface area contributed by atoms with Crippen molar-refractivity contribution in [3.8, 4) is 0 Å². The molecule has 0 amide bonds. The maximum Gasteiger partial charge on any atom is 0.303 e. The Bertz CT molecular complexity index is 545. The second-order valence-corrected chi connectivity index (χ2v) is 5.54. The van der Waals surface area contributed by atoms with Crippen LogP contribution in [0.5, 0.6) is 0 Å². The number of para-hydroxylation sites is 1. The molecule has 0 bridgehead atoms. The normalized spacial score (nSPS) is 11.2. The molecular weight excluding hydrogens is 284 g/mol. The first-order valence-electron chi connectivity index (χ1n) is 6.00. The Kier molecular flexibility index (Phi) is 6.43. The molecule has 0 fully saturated rings. The number of aliphatic carboxylic acids is 1. The van der Waals surface area contributed by atoms with Crippen molar-refractivity contribution in [3.05, 3.63) is 29.8 Å². The van der Waals surface area contributed by atoms with E-state index in [-0.39, 0.29) is 26.0 Å². The molecule has 0 saturated carbocycles. The number of aryl methyl sites for hydroxylation is 1.